The van der Waals surface area contributed by atoms with Gasteiger partial charge in [0.25, 0.3) is 0 Å². The molecule has 0 unspecified atom stereocenters. The third-order valence-electron chi connectivity index (χ3n) is 2.34. The molecule has 1 rings (SSSR count). The van der Waals surface area contributed by atoms with E-state index in [1.807, 2.05) is 37.3 Å². The molecule has 3 nitrogen and oxygen atoms in total. The molecule has 0 bridgehead atoms. The Kier molecular flexibility index (Phi) is 4.31. The summed E-state index contributed by atoms with van der Waals surface area (Å²) < 4.78 is 0. The number of hydrogen-bond donors (Lipinski definition) is 2. The van der Waals surface area contributed by atoms with Crippen LogP contribution in [-0.2, 0) is 4.79 Å². The highest BCUT2D eigenvalue weighted by Gasteiger charge is 2.14. The van der Waals surface area contributed by atoms with E-state index in [9.17, 15) is 4.79 Å². The number of carbonyl (C=O) groups excluding carboxylic acids is 1. The fourth-order valence-corrected chi connectivity index (χ4v) is 1.41. The highest BCUT2D eigenvalue weighted by atomic mass is 16.2. The van der Waals surface area contributed by atoms with E-state index in [1.165, 1.54) is 0 Å². The molecule has 0 fully saturated rings. The number of nitrogens with two attached hydrogens (primary N) is 1. The van der Waals surface area contributed by atoms with Gasteiger partial charge in [0, 0.05) is 0 Å². The van der Waals surface area contributed by atoms with Crippen LogP contribution < -0.4 is 11.1 Å². The van der Waals surface area contributed by atoms with Crippen LogP contribution in [0.2, 0.25) is 0 Å². The van der Waals surface area contributed by atoms with Gasteiger partial charge in [0.05, 0.1) is 12.1 Å². The summed E-state index contributed by atoms with van der Waals surface area (Å²) in [5.41, 5.74) is 6.62. The van der Waals surface area contributed by atoms with E-state index < -0.39 is 6.04 Å². The third-order valence-corrected chi connectivity index (χ3v) is 2.34. The van der Waals surface area contributed by atoms with E-state index in [4.69, 9.17) is 5.73 Å². The van der Waals surface area contributed by atoms with E-state index in [2.05, 4.69) is 5.32 Å². The van der Waals surface area contributed by atoms with Gasteiger partial charge in [-0.1, -0.05) is 37.3 Å². The first kappa shape index (κ1) is 11.7. The first-order valence-corrected chi connectivity index (χ1v) is 5.26. The van der Waals surface area contributed by atoms with Gasteiger partial charge in [0.1, 0.15) is 0 Å². The molecular formula is C12H18N2O. The van der Waals surface area contributed by atoms with Crippen molar-refractivity contribution < 1.29 is 4.79 Å². The maximum absolute atomic E-state index is 11.4. The summed E-state index contributed by atoms with van der Waals surface area (Å²) in [4.78, 5) is 11.4. The van der Waals surface area contributed by atoms with Crippen LogP contribution in [0.4, 0.5) is 0 Å². The molecule has 0 radical (unpaired) electrons. The topological polar surface area (TPSA) is 55.1 Å². The number of nitrogens with one attached hydrogen (secondary N) is 1. The number of rotatable bonds is 4. The average Bonchev–Trinajstić information content (AvgIpc) is 2.26. The number of benzene rings is 1. The van der Waals surface area contributed by atoms with Crippen molar-refractivity contribution >= 4 is 5.91 Å². The summed E-state index contributed by atoms with van der Waals surface area (Å²) in [5.74, 6) is -0.106. The number of carbonyl (C=O) groups is 1. The smallest absolute Gasteiger partial charge is 0.237 e. The second-order valence-electron chi connectivity index (χ2n) is 3.67. The Bertz CT molecular complexity index is 309. The Hall–Kier alpha value is -1.35. The molecule has 0 saturated carbocycles. The monoisotopic (exact) mass is 206 g/mol. The summed E-state index contributed by atoms with van der Waals surface area (Å²) in [7, 11) is 0. The predicted octanol–water partition coefficient (Wildman–Crippen LogP) is 1.60. The summed E-state index contributed by atoms with van der Waals surface area (Å²) in [5, 5.41) is 2.92. The molecule has 0 heterocycles. The molecule has 15 heavy (non-hydrogen) atoms. The van der Waals surface area contributed by atoms with Gasteiger partial charge >= 0.3 is 0 Å². The molecule has 3 heteroatoms. The van der Waals surface area contributed by atoms with Crippen molar-refractivity contribution in [2.45, 2.75) is 32.4 Å². The minimum absolute atomic E-state index is 0.0599. The van der Waals surface area contributed by atoms with Gasteiger partial charge in [-0.15, -0.1) is 0 Å². The van der Waals surface area contributed by atoms with Crippen LogP contribution in [0.1, 0.15) is 31.9 Å². The van der Waals surface area contributed by atoms with Gasteiger partial charge in [-0.05, 0) is 18.9 Å². The van der Waals surface area contributed by atoms with Crippen molar-refractivity contribution in [3.8, 4) is 0 Å². The van der Waals surface area contributed by atoms with Crippen molar-refractivity contribution in [1.82, 2.24) is 5.32 Å². The summed E-state index contributed by atoms with van der Waals surface area (Å²) in [6, 6.07) is 9.52. The first-order valence-electron chi connectivity index (χ1n) is 5.26. The first-order chi connectivity index (χ1) is 7.15. The molecule has 0 saturated heterocycles. The molecule has 1 aromatic carbocycles. The van der Waals surface area contributed by atoms with Crippen molar-refractivity contribution in [2.75, 3.05) is 0 Å². The molecule has 82 valence electrons. The molecular weight excluding hydrogens is 188 g/mol. The van der Waals surface area contributed by atoms with Crippen LogP contribution in [0.5, 0.6) is 0 Å². The van der Waals surface area contributed by atoms with Gasteiger partial charge in [-0.3, -0.25) is 4.79 Å². The van der Waals surface area contributed by atoms with Crippen LogP contribution in [0.25, 0.3) is 0 Å². The lowest BCUT2D eigenvalue weighted by atomic mass is 10.0. The Morgan fingerprint density at radius 3 is 2.47 bits per heavy atom. The second-order valence-corrected chi connectivity index (χ2v) is 3.67. The van der Waals surface area contributed by atoms with E-state index in [-0.39, 0.29) is 11.9 Å². The molecule has 1 aromatic rings. The largest absolute Gasteiger partial charge is 0.348 e. The highest BCUT2D eigenvalue weighted by Crippen LogP contribution is 2.15. The SMILES string of the molecule is CC[C@@H](NC(=O)[C@H](C)N)c1ccccc1. The van der Waals surface area contributed by atoms with E-state index >= 15 is 0 Å². The Labute approximate surface area is 90.7 Å². The molecule has 2 atom stereocenters. The quantitative estimate of drug-likeness (QED) is 0.786. The minimum atomic E-state index is -0.456. The van der Waals surface area contributed by atoms with Gasteiger partial charge in [0.15, 0.2) is 0 Å². The summed E-state index contributed by atoms with van der Waals surface area (Å²) in [6.45, 7) is 3.73. The zero-order valence-corrected chi connectivity index (χ0v) is 9.23. The van der Waals surface area contributed by atoms with Gasteiger partial charge in [0.2, 0.25) is 5.91 Å². The predicted molar refractivity (Wildman–Crippen MR) is 61.3 cm³/mol. The standard InChI is InChI=1S/C12H18N2O/c1-3-11(14-12(15)9(2)13)10-7-5-4-6-8-10/h4-9,11H,3,13H2,1-2H3,(H,14,15)/t9-,11+/m0/s1. The summed E-state index contributed by atoms with van der Waals surface area (Å²) in [6.07, 6.45) is 0.864. The Morgan fingerprint density at radius 1 is 1.40 bits per heavy atom. The number of amides is 1. The Balaban J connectivity index is 2.69. The van der Waals surface area contributed by atoms with Crippen molar-refractivity contribution in [2.24, 2.45) is 5.73 Å². The lowest BCUT2D eigenvalue weighted by Crippen LogP contribution is -2.40. The third kappa shape index (κ3) is 3.36. The molecule has 0 aliphatic heterocycles. The molecule has 0 aliphatic carbocycles. The van der Waals surface area contributed by atoms with Crippen molar-refractivity contribution in [1.29, 1.82) is 0 Å². The molecule has 0 spiro atoms. The maximum atomic E-state index is 11.4. The van der Waals surface area contributed by atoms with Gasteiger partial charge < -0.3 is 11.1 Å². The van der Waals surface area contributed by atoms with Crippen LogP contribution in [0.15, 0.2) is 30.3 Å². The summed E-state index contributed by atoms with van der Waals surface area (Å²) >= 11 is 0. The zero-order valence-electron chi connectivity index (χ0n) is 9.23. The van der Waals surface area contributed by atoms with Crippen LogP contribution in [-0.4, -0.2) is 11.9 Å². The molecule has 3 N–H and O–H groups in total. The average molecular weight is 206 g/mol. The molecule has 0 aromatic heterocycles. The maximum Gasteiger partial charge on any atom is 0.237 e. The lowest BCUT2D eigenvalue weighted by molar-refractivity contribution is -0.122. The Morgan fingerprint density at radius 2 is 2.00 bits per heavy atom. The van der Waals surface area contributed by atoms with Crippen LogP contribution in [0.3, 0.4) is 0 Å². The van der Waals surface area contributed by atoms with Gasteiger partial charge in [-0.2, -0.15) is 0 Å². The lowest BCUT2D eigenvalue weighted by Gasteiger charge is -2.18. The minimum Gasteiger partial charge on any atom is -0.348 e. The second kappa shape index (κ2) is 5.51. The fraction of sp³-hybridized carbons (Fsp3) is 0.417. The van der Waals surface area contributed by atoms with Crippen molar-refractivity contribution in [3.63, 3.8) is 0 Å². The fourth-order valence-electron chi connectivity index (χ4n) is 1.41. The van der Waals surface area contributed by atoms with Crippen LogP contribution >= 0.6 is 0 Å². The molecule has 1 amide bonds. The van der Waals surface area contributed by atoms with Crippen molar-refractivity contribution in [3.05, 3.63) is 35.9 Å². The highest BCUT2D eigenvalue weighted by molar-refractivity contribution is 5.81. The van der Waals surface area contributed by atoms with E-state index in [1.54, 1.807) is 6.92 Å². The van der Waals surface area contributed by atoms with Crippen LogP contribution in [0, 0.1) is 0 Å². The zero-order chi connectivity index (χ0) is 11.3. The van der Waals surface area contributed by atoms with E-state index in [0.717, 1.165) is 12.0 Å². The number of hydrogen-bond acceptors (Lipinski definition) is 2. The normalized spacial score (nSPS) is 14.3. The van der Waals surface area contributed by atoms with E-state index in [0.29, 0.717) is 0 Å². The van der Waals surface area contributed by atoms with Gasteiger partial charge in [-0.25, -0.2) is 0 Å². The molecule has 0 aliphatic rings.